The number of Topliss-reactive ketones (excluding diaryl/α,β-unsaturated/α-hetero) is 1. The number of likely N-dealkylation sites (N-methyl/N-ethyl adjacent to an activating group) is 1. The van der Waals surface area contributed by atoms with Crippen molar-refractivity contribution in [3.63, 3.8) is 0 Å². The number of fused-ring (bicyclic) bond motifs is 1. The smallest absolute Gasteiger partial charge is 0.245 e. The number of rotatable bonds is 5. The summed E-state index contributed by atoms with van der Waals surface area (Å²) in [6.45, 7) is 0.362. The second-order valence-corrected chi connectivity index (χ2v) is 8.24. The fraction of sp³-hybridized carbons (Fsp3) is 0.375. The van der Waals surface area contributed by atoms with E-state index < -0.39 is 22.1 Å². The minimum absolute atomic E-state index is 0.0783. The van der Waals surface area contributed by atoms with E-state index in [2.05, 4.69) is 10.3 Å². The minimum Gasteiger partial charge on any atom is -0.314 e. The summed E-state index contributed by atoms with van der Waals surface area (Å²) in [6.07, 6.45) is 2.48. The number of hydrogen-bond donors (Lipinski definition) is 2. The summed E-state index contributed by atoms with van der Waals surface area (Å²) in [5.41, 5.74) is 6.11. The van der Waals surface area contributed by atoms with Gasteiger partial charge >= 0.3 is 0 Å². The Morgan fingerprint density at radius 3 is 2.92 bits per heavy atom. The molecule has 1 unspecified atom stereocenters. The molecule has 0 saturated carbocycles. The zero-order valence-electron chi connectivity index (χ0n) is 13.6. The molecule has 1 saturated heterocycles. The molecule has 1 aliphatic rings. The van der Waals surface area contributed by atoms with Gasteiger partial charge in [-0.05, 0) is 19.5 Å². The number of carbonyl (C=O) groups is 1. The highest BCUT2D eigenvalue weighted by Crippen LogP contribution is 2.34. The highest BCUT2D eigenvalue weighted by molar-refractivity contribution is 7.89. The number of halogens is 1. The van der Waals surface area contributed by atoms with Crippen molar-refractivity contribution >= 4 is 38.2 Å². The van der Waals surface area contributed by atoms with E-state index in [1.807, 2.05) is 0 Å². The molecule has 1 aromatic heterocycles. The lowest BCUT2D eigenvalue weighted by molar-refractivity contribution is -0.122. The normalized spacial score (nSPS) is 21.7. The predicted octanol–water partition coefficient (Wildman–Crippen LogP) is 0.972. The van der Waals surface area contributed by atoms with E-state index in [4.69, 9.17) is 17.3 Å². The monoisotopic (exact) mass is 382 g/mol. The van der Waals surface area contributed by atoms with E-state index >= 15 is 0 Å². The lowest BCUT2D eigenvalue weighted by Gasteiger charge is -2.24. The third kappa shape index (κ3) is 3.16. The third-order valence-corrected chi connectivity index (χ3v) is 6.68. The Balaban J connectivity index is 2.03. The van der Waals surface area contributed by atoms with Gasteiger partial charge in [0.05, 0.1) is 22.6 Å². The van der Waals surface area contributed by atoms with Crippen molar-refractivity contribution < 1.29 is 13.2 Å². The molecule has 3 rings (SSSR count). The van der Waals surface area contributed by atoms with Crippen molar-refractivity contribution in [2.24, 2.45) is 11.7 Å². The van der Waals surface area contributed by atoms with Crippen LogP contribution < -0.4 is 11.1 Å². The molecule has 3 N–H and O–H groups in total. The Hall–Kier alpha value is -1.58. The fourth-order valence-electron chi connectivity index (χ4n) is 3.22. The summed E-state index contributed by atoms with van der Waals surface area (Å²) >= 11 is 6.19. The molecule has 7 nitrogen and oxygen atoms in total. The van der Waals surface area contributed by atoms with E-state index in [0.717, 1.165) is 0 Å². The van der Waals surface area contributed by atoms with Gasteiger partial charge in [-0.15, -0.1) is 0 Å². The van der Waals surface area contributed by atoms with Crippen LogP contribution in [0.25, 0.3) is 10.8 Å². The van der Waals surface area contributed by atoms with Gasteiger partial charge in [-0.25, -0.2) is 8.42 Å². The van der Waals surface area contributed by atoms with E-state index in [0.29, 0.717) is 17.2 Å². The Labute approximate surface area is 151 Å². The molecule has 1 aromatic carbocycles. The number of aromatic nitrogens is 1. The number of nitrogens with one attached hydrogen (secondary N) is 1. The summed E-state index contributed by atoms with van der Waals surface area (Å²) in [4.78, 5) is 16.2. The Morgan fingerprint density at radius 1 is 1.44 bits per heavy atom. The number of nitrogens with two attached hydrogens (primary N) is 1. The molecular formula is C16H19ClN4O3S. The molecule has 2 heterocycles. The largest absolute Gasteiger partial charge is 0.314 e. The maximum atomic E-state index is 13.2. The van der Waals surface area contributed by atoms with Crippen LogP contribution >= 0.6 is 11.6 Å². The van der Waals surface area contributed by atoms with Gasteiger partial charge in [0, 0.05) is 35.6 Å². The fourth-order valence-corrected chi connectivity index (χ4v) is 5.35. The molecular weight excluding hydrogens is 364 g/mol. The highest BCUT2D eigenvalue weighted by atomic mass is 35.5. The molecule has 2 atom stereocenters. The summed E-state index contributed by atoms with van der Waals surface area (Å²) in [5.74, 6) is -0.609. The first-order valence-corrected chi connectivity index (χ1v) is 9.66. The van der Waals surface area contributed by atoms with E-state index in [1.165, 1.54) is 16.6 Å². The number of pyridine rings is 1. The van der Waals surface area contributed by atoms with Gasteiger partial charge in [0.1, 0.15) is 0 Å². The topological polar surface area (TPSA) is 105 Å². The molecule has 0 bridgehead atoms. The molecule has 0 amide bonds. The molecule has 2 aromatic rings. The van der Waals surface area contributed by atoms with Crippen LogP contribution in [-0.2, 0) is 14.8 Å². The van der Waals surface area contributed by atoms with Crippen LogP contribution in [0, 0.1) is 5.92 Å². The summed E-state index contributed by atoms with van der Waals surface area (Å²) < 4.78 is 27.5. The first-order chi connectivity index (χ1) is 11.9. The van der Waals surface area contributed by atoms with Crippen molar-refractivity contribution in [1.82, 2.24) is 14.6 Å². The average Bonchev–Trinajstić information content (AvgIpc) is 2.97. The van der Waals surface area contributed by atoms with Gasteiger partial charge in [0.25, 0.3) is 0 Å². The van der Waals surface area contributed by atoms with Gasteiger partial charge in [0.2, 0.25) is 10.0 Å². The quantitative estimate of drug-likeness (QED) is 0.798. The van der Waals surface area contributed by atoms with Crippen molar-refractivity contribution in [2.75, 3.05) is 20.1 Å². The number of carbonyl (C=O) groups excluding carboxylic acids is 1. The molecule has 25 heavy (non-hydrogen) atoms. The second kappa shape index (κ2) is 6.97. The van der Waals surface area contributed by atoms with Crippen LogP contribution in [0.1, 0.15) is 6.42 Å². The van der Waals surface area contributed by atoms with Crippen LogP contribution in [0.4, 0.5) is 0 Å². The average molecular weight is 383 g/mol. The van der Waals surface area contributed by atoms with Crippen molar-refractivity contribution in [3.05, 3.63) is 35.6 Å². The van der Waals surface area contributed by atoms with Crippen LogP contribution in [0.5, 0.6) is 0 Å². The van der Waals surface area contributed by atoms with Crippen molar-refractivity contribution in [1.29, 1.82) is 0 Å². The van der Waals surface area contributed by atoms with Crippen LogP contribution in [0.2, 0.25) is 5.02 Å². The molecule has 9 heteroatoms. The van der Waals surface area contributed by atoms with Crippen molar-refractivity contribution in [3.8, 4) is 0 Å². The first kappa shape index (κ1) is 18.2. The summed E-state index contributed by atoms with van der Waals surface area (Å²) in [6, 6.07) is 4.88. The van der Waals surface area contributed by atoms with Gasteiger partial charge in [0.15, 0.2) is 5.78 Å². The second-order valence-electron chi connectivity index (χ2n) is 5.97. The lowest BCUT2D eigenvalue weighted by Crippen LogP contribution is -2.46. The molecule has 0 radical (unpaired) electrons. The maximum absolute atomic E-state index is 13.2. The molecule has 1 fully saturated rings. The van der Waals surface area contributed by atoms with Crippen molar-refractivity contribution in [2.45, 2.75) is 17.5 Å². The molecule has 1 aliphatic heterocycles. The summed E-state index contributed by atoms with van der Waals surface area (Å²) in [5, 5.41) is 4.08. The van der Waals surface area contributed by atoms with Crippen LogP contribution in [0.3, 0.4) is 0 Å². The van der Waals surface area contributed by atoms with Crippen LogP contribution in [-0.4, -0.2) is 49.8 Å². The first-order valence-electron chi connectivity index (χ1n) is 7.85. The highest BCUT2D eigenvalue weighted by Gasteiger charge is 2.42. The van der Waals surface area contributed by atoms with E-state index in [9.17, 15) is 13.2 Å². The zero-order valence-corrected chi connectivity index (χ0v) is 15.2. The van der Waals surface area contributed by atoms with Gasteiger partial charge in [-0.1, -0.05) is 23.7 Å². The Kier molecular flexibility index (Phi) is 5.08. The van der Waals surface area contributed by atoms with Gasteiger partial charge in [-0.2, -0.15) is 4.31 Å². The minimum atomic E-state index is -3.89. The Bertz CT molecular complexity index is 913. The summed E-state index contributed by atoms with van der Waals surface area (Å²) in [7, 11) is -2.23. The zero-order chi connectivity index (χ0) is 18.2. The Morgan fingerprint density at radius 2 is 2.20 bits per heavy atom. The number of hydrogen-bond acceptors (Lipinski definition) is 6. The maximum Gasteiger partial charge on any atom is 0.245 e. The predicted molar refractivity (Wildman–Crippen MR) is 95.7 cm³/mol. The molecule has 134 valence electrons. The number of nitrogens with zero attached hydrogens (tertiary/aromatic N) is 2. The van der Waals surface area contributed by atoms with Gasteiger partial charge < -0.3 is 11.1 Å². The standard InChI is InChI=1S/C16H19ClN4O3S/c1-19-9-13(22)11-5-6-21(16(11)18)25(23,24)14-4-2-3-10-7-20-8-12(17)15(10)14/h2-4,7-8,11,16,19H,5-6,9,18H2,1H3/t11?,16-/m1/s1. The SMILES string of the molecule is CNCC(=O)C1CCN(S(=O)(=O)c2cccc3cncc(Cl)c23)[C@H]1N. The van der Waals surface area contributed by atoms with E-state index in [1.54, 1.807) is 25.4 Å². The third-order valence-electron chi connectivity index (χ3n) is 4.46. The lowest BCUT2D eigenvalue weighted by atomic mass is 10.0. The number of sulfonamides is 1. The number of ketones is 1. The molecule has 0 spiro atoms. The molecule has 0 aliphatic carbocycles. The van der Waals surface area contributed by atoms with E-state index in [-0.39, 0.29) is 28.8 Å². The van der Waals surface area contributed by atoms with Gasteiger partial charge in [-0.3, -0.25) is 9.78 Å². The number of benzene rings is 1. The van der Waals surface area contributed by atoms with Crippen LogP contribution in [0.15, 0.2) is 35.5 Å².